The van der Waals surface area contributed by atoms with E-state index in [1.807, 2.05) is 4.98 Å². The molecule has 9 heteroatoms. The van der Waals surface area contributed by atoms with Crippen molar-refractivity contribution in [3.8, 4) is 12.3 Å². The quantitative estimate of drug-likeness (QED) is 0.513. The first-order valence-electron chi connectivity index (χ1n) is 5.47. The number of halogens is 2. The van der Waals surface area contributed by atoms with E-state index in [1.165, 1.54) is 0 Å². The summed E-state index contributed by atoms with van der Waals surface area (Å²) in [6.45, 7) is -0.717. The summed E-state index contributed by atoms with van der Waals surface area (Å²) in [5.41, 5.74) is -3.75. The van der Waals surface area contributed by atoms with Gasteiger partial charge in [-0.2, -0.15) is 0 Å². The predicted octanol–water partition coefficient (Wildman–Crippen LogP) is -0.363. The minimum absolute atomic E-state index is 0.450. The summed E-state index contributed by atoms with van der Waals surface area (Å²) in [5.74, 6) is 0.707. The van der Waals surface area contributed by atoms with E-state index in [0.29, 0.717) is 10.8 Å². The van der Waals surface area contributed by atoms with Crippen LogP contribution in [0.25, 0.3) is 0 Å². The van der Waals surface area contributed by atoms with Gasteiger partial charge in [0.1, 0.15) is 16.8 Å². The Hall–Kier alpha value is -1.60. The molecule has 4 unspecified atom stereocenters. The number of aliphatic hydroxyl groups excluding tert-OH is 2. The van der Waals surface area contributed by atoms with E-state index in [9.17, 15) is 18.7 Å². The summed E-state index contributed by atoms with van der Waals surface area (Å²) in [5, 5.41) is 18.7. The molecule has 0 spiro atoms. The monoisotopic (exact) mass is 304 g/mol. The van der Waals surface area contributed by atoms with Gasteiger partial charge in [-0.15, -0.1) is 6.42 Å². The maximum atomic E-state index is 14.6. The Balaban J connectivity index is 2.58. The average Bonchev–Trinajstić information content (AvgIpc) is 2.67. The first kappa shape index (κ1) is 14.8. The second-order valence-corrected chi connectivity index (χ2v) is 4.62. The minimum Gasteiger partial charge on any atom is -0.394 e. The number of hydrogen-bond acceptors (Lipinski definition) is 5. The van der Waals surface area contributed by atoms with Crippen molar-refractivity contribution in [1.82, 2.24) is 9.55 Å². The topological polar surface area (TPSA) is 87.5 Å². The van der Waals surface area contributed by atoms with Crippen LogP contribution in [0.1, 0.15) is 6.23 Å². The molecule has 2 rings (SSSR count). The molecule has 6 nitrogen and oxygen atoms in total. The van der Waals surface area contributed by atoms with Crippen LogP contribution in [0.15, 0.2) is 11.0 Å². The molecule has 2 heterocycles. The Morgan fingerprint density at radius 3 is 2.90 bits per heavy atom. The molecule has 108 valence electrons. The lowest BCUT2D eigenvalue weighted by Gasteiger charge is -2.23. The van der Waals surface area contributed by atoms with E-state index in [0.717, 1.165) is 0 Å². The lowest BCUT2D eigenvalue weighted by molar-refractivity contribution is -0.0546. The highest BCUT2D eigenvalue weighted by Gasteiger charge is 2.57. The van der Waals surface area contributed by atoms with Gasteiger partial charge < -0.3 is 14.9 Å². The highest BCUT2D eigenvalue weighted by molar-refractivity contribution is 7.71. The summed E-state index contributed by atoms with van der Waals surface area (Å²) < 4.78 is 33.1. The minimum atomic E-state index is -2.79. The van der Waals surface area contributed by atoms with Gasteiger partial charge in [0.05, 0.1) is 12.8 Å². The molecule has 1 fully saturated rings. The van der Waals surface area contributed by atoms with E-state index in [4.69, 9.17) is 16.3 Å². The number of nitrogens with one attached hydrogen (secondary N) is 1. The van der Waals surface area contributed by atoms with Gasteiger partial charge in [0.25, 0.3) is 0 Å². The third kappa shape index (κ3) is 2.06. The summed E-state index contributed by atoms with van der Waals surface area (Å²) in [7, 11) is 0. The first-order chi connectivity index (χ1) is 9.35. The third-order valence-corrected chi connectivity index (χ3v) is 3.32. The van der Waals surface area contributed by atoms with Gasteiger partial charge in [-0.3, -0.25) is 9.55 Å². The molecule has 0 aromatic carbocycles. The van der Waals surface area contributed by atoms with Crippen LogP contribution in [0.5, 0.6) is 0 Å². The number of aliphatic hydroxyl groups is 2. The molecule has 3 N–H and O–H groups in total. The molecule has 0 amide bonds. The maximum Gasteiger partial charge on any atom is 0.328 e. The number of rotatable bonds is 2. The van der Waals surface area contributed by atoms with Crippen LogP contribution in [0.4, 0.5) is 8.78 Å². The molecule has 0 bridgehead atoms. The Morgan fingerprint density at radius 1 is 1.70 bits per heavy atom. The average molecular weight is 304 g/mol. The molecule has 1 aliphatic heterocycles. The Labute approximate surface area is 116 Å². The van der Waals surface area contributed by atoms with Gasteiger partial charge in [0.2, 0.25) is 5.67 Å². The van der Waals surface area contributed by atoms with Crippen LogP contribution in [0.2, 0.25) is 0 Å². The van der Waals surface area contributed by atoms with Gasteiger partial charge in [-0.25, -0.2) is 13.6 Å². The largest absolute Gasteiger partial charge is 0.394 e. The van der Waals surface area contributed by atoms with Crippen LogP contribution in [0.3, 0.4) is 0 Å². The smallest absolute Gasteiger partial charge is 0.328 e. The molecular formula is C11H10F2N2O4S. The van der Waals surface area contributed by atoms with Crippen molar-refractivity contribution in [1.29, 1.82) is 0 Å². The number of hydrogen-bond donors (Lipinski definition) is 3. The van der Waals surface area contributed by atoms with Crippen molar-refractivity contribution >= 4 is 12.2 Å². The van der Waals surface area contributed by atoms with Crippen molar-refractivity contribution < 1.29 is 23.7 Å². The van der Waals surface area contributed by atoms with E-state index >= 15 is 0 Å². The van der Waals surface area contributed by atoms with E-state index in [2.05, 4.69) is 12.2 Å². The number of aromatic nitrogens is 2. The number of ether oxygens (including phenoxy) is 1. The van der Waals surface area contributed by atoms with Crippen molar-refractivity contribution in [3.63, 3.8) is 0 Å². The normalized spacial score (nSPS) is 33.0. The van der Waals surface area contributed by atoms with Crippen LogP contribution in [0, 0.1) is 22.8 Å². The second kappa shape index (κ2) is 5.06. The Kier molecular flexibility index (Phi) is 3.75. The fraction of sp³-hybridized carbons (Fsp3) is 0.455. The zero-order valence-electron chi connectivity index (χ0n) is 9.92. The van der Waals surface area contributed by atoms with Crippen LogP contribution >= 0.6 is 12.2 Å². The molecule has 0 saturated carbocycles. The van der Waals surface area contributed by atoms with Gasteiger partial charge in [0, 0.05) is 0 Å². The molecule has 4 atom stereocenters. The fourth-order valence-corrected chi connectivity index (χ4v) is 2.10. The molecule has 0 aliphatic carbocycles. The van der Waals surface area contributed by atoms with Gasteiger partial charge in [-0.1, -0.05) is 18.1 Å². The fourth-order valence-electron chi connectivity index (χ4n) is 1.96. The molecule has 1 aromatic heterocycles. The van der Waals surface area contributed by atoms with Crippen LogP contribution in [-0.4, -0.2) is 44.2 Å². The highest BCUT2D eigenvalue weighted by Crippen LogP contribution is 2.40. The molecule has 1 aliphatic rings. The zero-order valence-corrected chi connectivity index (χ0v) is 10.7. The van der Waals surface area contributed by atoms with Gasteiger partial charge in [0.15, 0.2) is 12.0 Å². The summed E-state index contributed by atoms with van der Waals surface area (Å²) in [6.07, 6.45) is 0.685. The van der Waals surface area contributed by atoms with E-state index in [1.54, 1.807) is 5.92 Å². The predicted molar refractivity (Wildman–Crippen MR) is 65.5 cm³/mol. The van der Waals surface area contributed by atoms with Gasteiger partial charge >= 0.3 is 5.69 Å². The first-order valence-corrected chi connectivity index (χ1v) is 5.88. The van der Waals surface area contributed by atoms with Crippen molar-refractivity contribution in [3.05, 3.63) is 27.1 Å². The molecule has 20 heavy (non-hydrogen) atoms. The number of alkyl halides is 1. The van der Waals surface area contributed by atoms with Crippen molar-refractivity contribution in [2.75, 3.05) is 6.61 Å². The molecule has 1 saturated heterocycles. The molecule has 1 aromatic rings. The van der Waals surface area contributed by atoms with Crippen molar-refractivity contribution in [2.24, 2.45) is 0 Å². The summed E-state index contributed by atoms with van der Waals surface area (Å²) in [4.78, 5) is 13.7. The Morgan fingerprint density at radius 2 is 2.35 bits per heavy atom. The Bertz CT molecular complexity index is 682. The number of nitrogens with zero attached hydrogens (tertiary/aromatic N) is 1. The third-order valence-electron chi connectivity index (χ3n) is 3.02. The number of H-pyrrole nitrogens is 1. The lowest BCUT2D eigenvalue weighted by atomic mass is 9.97. The number of terminal acetylenes is 1. The summed E-state index contributed by atoms with van der Waals surface area (Å²) >= 11 is 4.52. The highest BCUT2D eigenvalue weighted by atomic mass is 32.1. The van der Waals surface area contributed by atoms with Crippen LogP contribution < -0.4 is 5.69 Å². The SMILES string of the molecule is C#CC1(F)C(O)C(CO)OC1n1cc(F)c(=S)[nH]c1=O. The summed E-state index contributed by atoms with van der Waals surface area (Å²) in [6, 6.07) is 0. The standard InChI is InChI=1S/C11H10F2N2O4S/c1-2-11(13)7(17)6(4-16)19-9(11)15-3-5(12)8(20)14-10(15)18/h1,3,6-7,9,16-17H,4H2,(H,14,18,20). The maximum absolute atomic E-state index is 14.6. The number of aromatic amines is 1. The van der Waals surface area contributed by atoms with Gasteiger partial charge in [-0.05, 0) is 0 Å². The van der Waals surface area contributed by atoms with E-state index < -0.39 is 46.9 Å². The molecular weight excluding hydrogens is 294 g/mol. The second-order valence-electron chi connectivity index (χ2n) is 4.21. The lowest BCUT2D eigenvalue weighted by Crippen LogP contribution is -2.44. The molecule has 0 radical (unpaired) electrons. The van der Waals surface area contributed by atoms with Crippen molar-refractivity contribution in [2.45, 2.75) is 24.1 Å². The zero-order chi connectivity index (χ0) is 15.1. The van der Waals surface area contributed by atoms with Crippen LogP contribution in [-0.2, 0) is 4.74 Å². The van der Waals surface area contributed by atoms with E-state index in [-0.39, 0.29) is 0 Å².